The summed E-state index contributed by atoms with van der Waals surface area (Å²) in [5, 5.41) is 9.13. The van der Waals surface area contributed by atoms with E-state index in [0.29, 0.717) is 0 Å². The van der Waals surface area contributed by atoms with E-state index in [1.807, 2.05) is 13.0 Å². The van der Waals surface area contributed by atoms with E-state index in [-0.39, 0.29) is 6.61 Å². The van der Waals surface area contributed by atoms with Crippen LogP contribution in [0.15, 0.2) is 47.6 Å². The van der Waals surface area contributed by atoms with E-state index in [2.05, 4.69) is 43.3 Å². The summed E-state index contributed by atoms with van der Waals surface area (Å²) >= 11 is 0. The van der Waals surface area contributed by atoms with Crippen molar-refractivity contribution < 1.29 is 5.11 Å². The van der Waals surface area contributed by atoms with Gasteiger partial charge in [-0.2, -0.15) is 0 Å². The van der Waals surface area contributed by atoms with E-state index >= 15 is 0 Å². The molecule has 1 heteroatoms. The van der Waals surface area contributed by atoms with Crippen molar-refractivity contribution >= 4 is 6.08 Å². The predicted molar refractivity (Wildman–Crippen MR) is 79.4 cm³/mol. The summed E-state index contributed by atoms with van der Waals surface area (Å²) in [6.07, 6.45) is 9.13. The first-order valence-corrected chi connectivity index (χ1v) is 6.80. The highest BCUT2D eigenvalue weighted by molar-refractivity contribution is 5.56. The molecule has 98 valence electrons. The summed E-state index contributed by atoms with van der Waals surface area (Å²) in [6.45, 7) is 4.33. The van der Waals surface area contributed by atoms with E-state index in [4.69, 9.17) is 5.11 Å². The average molecular weight is 244 g/mol. The van der Waals surface area contributed by atoms with Crippen molar-refractivity contribution in [3.05, 3.63) is 53.1 Å². The molecule has 0 spiro atoms. The van der Waals surface area contributed by atoms with E-state index < -0.39 is 0 Å². The van der Waals surface area contributed by atoms with Gasteiger partial charge in [-0.25, -0.2) is 0 Å². The Morgan fingerprint density at radius 2 is 1.89 bits per heavy atom. The summed E-state index contributed by atoms with van der Waals surface area (Å²) in [4.78, 5) is 0. The summed E-state index contributed by atoms with van der Waals surface area (Å²) in [7, 11) is 0. The molecule has 0 aliphatic heterocycles. The number of allylic oxidation sites excluding steroid dienone is 2. The van der Waals surface area contributed by atoms with Crippen LogP contribution in [-0.4, -0.2) is 11.7 Å². The third-order valence-electron chi connectivity index (χ3n) is 2.90. The average Bonchev–Trinajstić information content (AvgIpc) is 2.40. The van der Waals surface area contributed by atoms with Gasteiger partial charge in [-0.1, -0.05) is 62.2 Å². The Kier molecular flexibility index (Phi) is 7.12. The Bertz CT molecular complexity index is 387. The lowest BCUT2D eigenvalue weighted by molar-refractivity contribution is 0.331. The molecule has 1 nitrogen and oxygen atoms in total. The maximum atomic E-state index is 9.13. The molecule has 18 heavy (non-hydrogen) atoms. The smallest absolute Gasteiger partial charge is 0.0642 e. The number of aliphatic hydroxyl groups is 1. The number of hydrogen-bond acceptors (Lipinski definition) is 1. The van der Waals surface area contributed by atoms with Crippen LogP contribution >= 0.6 is 0 Å². The molecular formula is C17H24O. The SMILES string of the molecule is CCCCCC(/C=C(\C)CO)=C\c1ccccc1. The number of benzene rings is 1. The van der Waals surface area contributed by atoms with Crippen molar-refractivity contribution in [3.8, 4) is 0 Å². The van der Waals surface area contributed by atoms with Gasteiger partial charge >= 0.3 is 0 Å². The van der Waals surface area contributed by atoms with E-state index in [1.54, 1.807) is 0 Å². The van der Waals surface area contributed by atoms with E-state index in [9.17, 15) is 0 Å². The highest BCUT2D eigenvalue weighted by atomic mass is 16.3. The van der Waals surface area contributed by atoms with Crippen molar-refractivity contribution in [1.29, 1.82) is 0 Å². The molecule has 0 aromatic heterocycles. The number of aliphatic hydroxyl groups excluding tert-OH is 1. The van der Waals surface area contributed by atoms with Crippen LogP contribution < -0.4 is 0 Å². The van der Waals surface area contributed by atoms with Gasteiger partial charge in [0.05, 0.1) is 6.61 Å². The maximum absolute atomic E-state index is 9.13. The highest BCUT2D eigenvalue weighted by Gasteiger charge is 1.97. The molecular weight excluding hydrogens is 220 g/mol. The Labute approximate surface area is 111 Å². The third-order valence-corrected chi connectivity index (χ3v) is 2.90. The fraction of sp³-hybridized carbons (Fsp3) is 0.412. The Balaban J connectivity index is 2.79. The van der Waals surface area contributed by atoms with Crippen LogP contribution in [0.4, 0.5) is 0 Å². The highest BCUT2D eigenvalue weighted by Crippen LogP contribution is 2.16. The summed E-state index contributed by atoms with van der Waals surface area (Å²) in [6, 6.07) is 10.4. The van der Waals surface area contributed by atoms with Gasteiger partial charge in [0.2, 0.25) is 0 Å². The molecule has 1 aromatic carbocycles. The lowest BCUT2D eigenvalue weighted by Crippen LogP contribution is -1.88. The van der Waals surface area contributed by atoms with Crippen LogP contribution in [0.25, 0.3) is 6.08 Å². The molecule has 0 fully saturated rings. The monoisotopic (exact) mass is 244 g/mol. The lowest BCUT2D eigenvalue weighted by atomic mass is 10.0. The van der Waals surface area contributed by atoms with Crippen molar-refractivity contribution in [3.63, 3.8) is 0 Å². The summed E-state index contributed by atoms with van der Waals surface area (Å²) in [5.74, 6) is 0. The zero-order valence-electron chi connectivity index (χ0n) is 11.5. The third kappa shape index (κ3) is 5.83. The van der Waals surface area contributed by atoms with Crippen LogP contribution in [0.1, 0.15) is 45.1 Å². The molecule has 0 bridgehead atoms. The van der Waals surface area contributed by atoms with Crippen molar-refractivity contribution in [2.24, 2.45) is 0 Å². The minimum Gasteiger partial charge on any atom is -0.392 e. The summed E-state index contributed by atoms with van der Waals surface area (Å²) in [5.41, 5.74) is 3.56. The van der Waals surface area contributed by atoms with Crippen molar-refractivity contribution in [2.45, 2.75) is 39.5 Å². The molecule has 0 aliphatic carbocycles. The first-order chi connectivity index (χ1) is 8.76. The molecule has 0 aliphatic rings. The van der Waals surface area contributed by atoms with E-state index in [0.717, 1.165) is 12.0 Å². The second kappa shape index (κ2) is 8.71. The topological polar surface area (TPSA) is 20.2 Å². The molecule has 0 saturated heterocycles. The second-order valence-electron chi connectivity index (χ2n) is 4.74. The normalized spacial score (nSPS) is 12.8. The van der Waals surface area contributed by atoms with Crippen LogP contribution in [0.5, 0.6) is 0 Å². The van der Waals surface area contributed by atoms with Gasteiger partial charge in [-0.15, -0.1) is 0 Å². The Morgan fingerprint density at radius 1 is 1.17 bits per heavy atom. The second-order valence-corrected chi connectivity index (χ2v) is 4.74. The van der Waals surface area contributed by atoms with Crippen LogP contribution in [0.2, 0.25) is 0 Å². The Hall–Kier alpha value is -1.34. The van der Waals surface area contributed by atoms with Crippen LogP contribution in [-0.2, 0) is 0 Å². The molecule has 1 N–H and O–H groups in total. The van der Waals surface area contributed by atoms with Crippen molar-refractivity contribution in [1.82, 2.24) is 0 Å². The molecule has 0 radical (unpaired) electrons. The van der Waals surface area contributed by atoms with Gasteiger partial charge in [0.15, 0.2) is 0 Å². The van der Waals surface area contributed by atoms with Gasteiger partial charge in [0, 0.05) is 0 Å². The number of hydrogen-bond donors (Lipinski definition) is 1. The zero-order valence-corrected chi connectivity index (χ0v) is 11.5. The molecule has 0 unspecified atom stereocenters. The van der Waals surface area contributed by atoms with Crippen molar-refractivity contribution in [2.75, 3.05) is 6.61 Å². The Morgan fingerprint density at radius 3 is 2.50 bits per heavy atom. The molecule has 0 saturated carbocycles. The molecule has 0 heterocycles. The largest absolute Gasteiger partial charge is 0.392 e. The quantitative estimate of drug-likeness (QED) is 0.549. The van der Waals surface area contributed by atoms with Crippen LogP contribution in [0.3, 0.4) is 0 Å². The number of rotatable bonds is 7. The predicted octanol–water partition coefficient (Wildman–Crippen LogP) is 4.59. The molecule has 1 aromatic rings. The first-order valence-electron chi connectivity index (χ1n) is 6.80. The minimum atomic E-state index is 0.139. The fourth-order valence-corrected chi connectivity index (χ4v) is 1.89. The summed E-state index contributed by atoms with van der Waals surface area (Å²) < 4.78 is 0. The maximum Gasteiger partial charge on any atom is 0.0642 e. The molecule has 0 amide bonds. The van der Waals surface area contributed by atoms with Gasteiger partial charge in [-0.05, 0) is 36.5 Å². The van der Waals surface area contributed by atoms with Gasteiger partial charge < -0.3 is 5.11 Å². The van der Waals surface area contributed by atoms with Gasteiger partial charge in [0.25, 0.3) is 0 Å². The van der Waals surface area contributed by atoms with Crippen LogP contribution in [0, 0.1) is 0 Å². The first kappa shape index (κ1) is 14.7. The van der Waals surface area contributed by atoms with Gasteiger partial charge in [-0.3, -0.25) is 0 Å². The number of unbranched alkanes of at least 4 members (excludes halogenated alkanes) is 2. The van der Waals surface area contributed by atoms with E-state index in [1.165, 1.54) is 30.4 Å². The molecule has 0 atom stereocenters. The zero-order chi connectivity index (χ0) is 13.2. The standard InChI is InChI=1S/C17H24O/c1-3-4-6-11-17(12-15(2)14-18)13-16-9-7-5-8-10-16/h5,7-10,12-13,18H,3-4,6,11,14H2,1-2H3/b15-12+,17-13+. The molecule has 1 rings (SSSR count). The lowest BCUT2D eigenvalue weighted by Gasteiger charge is -2.04. The fourth-order valence-electron chi connectivity index (χ4n) is 1.89. The minimum absolute atomic E-state index is 0.139. The van der Waals surface area contributed by atoms with Gasteiger partial charge in [0.1, 0.15) is 0 Å².